The van der Waals surface area contributed by atoms with Gasteiger partial charge in [0.05, 0.1) is 11.1 Å². The number of ether oxygens (including phenoxy) is 1. The highest BCUT2D eigenvalue weighted by Gasteiger charge is 2.15. The predicted molar refractivity (Wildman–Crippen MR) is 114 cm³/mol. The molecule has 0 unspecified atom stereocenters. The molecular formula is C26H18O3. The summed E-state index contributed by atoms with van der Waals surface area (Å²) in [6.45, 7) is 0. The molecule has 3 nitrogen and oxygen atoms in total. The molecular weight excluding hydrogens is 360 g/mol. The third-order valence-corrected chi connectivity index (χ3v) is 4.64. The average Bonchev–Trinajstić information content (AvgIpc) is 2.80. The van der Waals surface area contributed by atoms with E-state index in [4.69, 9.17) is 4.74 Å². The lowest BCUT2D eigenvalue weighted by Crippen LogP contribution is -2.12. The van der Waals surface area contributed by atoms with Gasteiger partial charge in [-0.05, 0) is 46.5 Å². The molecule has 0 aliphatic heterocycles. The van der Waals surface area contributed by atoms with Gasteiger partial charge in [-0.1, -0.05) is 84.9 Å². The highest BCUT2D eigenvalue weighted by Crippen LogP contribution is 2.21. The molecule has 0 N–H and O–H groups in total. The van der Waals surface area contributed by atoms with Gasteiger partial charge in [0.1, 0.15) is 0 Å². The van der Waals surface area contributed by atoms with Crippen molar-refractivity contribution in [3.63, 3.8) is 0 Å². The topological polar surface area (TPSA) is 43.4 Å². The van der Waals surface area contributed by atoms with Crippen molar-refractivity contribution in [2.75, 3.05) is 0 Å². The minimum Gasteiger partial charge on any atom is -0.386 e. The van der Waals surface area contributed by atoms with Crippen LogP contribution in [0.1, 0.15) is 20.7 Å². The third kappa shape index (κ3) is 4.30. The highest BCUT2D eigenvalue weighted by atomic mass is 16.6. The Kier molecular flexibility index (Phi) is 5.30. The maximum absolute atomic E-state index is 12.3. The Balaban J connectivity index is 1.43. The van der Waals surface area contributed by atoms with Crippen molar-refractivity contribution >= 4 is 11.9 Å². The summed E-state index contributed by atoms with van der Waals surface area (Å²) in [5.41, 5.74) is 4.76. The Morgan fingerprint density at radius 1 is 0.414 bits per heavy atom. The molecule has 0 aromatic heterocycles. The molecule has 0 amide bonds. The zero-order chi connectivity index (χ0) is 20.1. The molecule has 0 saturated carbocycles. The SMILES string of the molecule is O=C(OC(=O)c1ccc(-c2ccccc2)cc1)c1ccc(-c2ccccc2)cc1. The Morgan fingerprint density at radius 2 is 0.724 bits per heavy atom. The van der Waals surface area contributed by atoms with Crippen LogP contribution in [0.3, 0.4) is 0 Å². The number of carbonyl (C=O) groups is 2. The fourth-order valence-electron chi connectivity index (χ4n) is 3.06. The van der Waals surface area contributed by atoms with E-state index in [0.717, 1.165) is 22.3 Å². The summed E-state index contributed by atoms with van der Waals surface area (Å²) in [7, 11) is 0. The van der Waals surface area contributed by atoms with Gasteiger partial charge in [0.15, 0.2) is 0 Å². The minimum atomic E-state index is -0.665. The maximum Gasteiger partial charge on any atom is 0.346 e. The first-order valence-electron chi connectivity index (χ1n) is 9.28. The first-order valence-corrected chi connectivity index (χ1v) is 9.28. The van der Waals surface area contributed by atoms with Gasteiger partial charge < -0.3 is 4.74 Å². The molecule has 29 heavy (non-hydrogen) atoms. The van der Waals surface area contributed by atoms with Gasteiger partial charge in [0.2, 0.25) is 0 Å². The van der Waals surface area contributed by atoms with Crippen molar-refractivity contribution in [3.05, 3.63) is 120 Å². The number of benzene rings is 4. The first kappa shape index (κ1) is 18.4. The fraction of sp³-hybridized carbons (Fsp3) is 0. The Labute approximate surface area is 169 Å². The molecule has 4 aromatic rings. The van der Waals surface area contributed by atoms with Crippen molar-refractivity contribution < 1.29 is 14.3 Å². The maximum atomic E-state index is 12.3. The van der Waals surface area contributed by atoms with E-state index in [0.29, 0.717) is 11.1 Å². The van der Waals surface area contributed by atoms with Crippen LogP contribution in [0.5, 0.6) is 0 Å². The zero-order valence-electron chi connectivity index (χ0n) is 15.6. The van der Waals surface area contributed by atoms with Gasteiger partial charge in [-0.3, -0.25) is 0 Å². The largest absolute Gasteiger partial charge is 0.386 e. The molecule has 140 valence electrons. The summed E-state index contributed by atoms with van der Waals surface area (Å²) in [6.07, 6.45) is 0. The van der Waals surface area contributed by atoms with Crippen LogP contribution in [-0.2, 0) is 4.74 Å². The monoisotopic (exact) mass is 378 g/mol. The first-order chi connectivity index (χ1) is 14.2. The molecule has 0 aliphatic carbocycles. The number of rotatable bonds is 4. The van der Waals surface area contributed by atoms with Crippen molar-refractivity contribution in [3.8, 4) is 22.3 Å². The second kappa shape index (κ2) is 8.36. The lowest BCUT2D eigenvalue weighted by Gasteiger charge is -2.06. The summed E-state index contributed by atoms with van der Waals surface area (Å²) in [6, 6.07) is 33.7. The van der Waals surface area contributed by atoms with Gasteiger partial charge in [0, 0.05) is 0 Å². The van der Waals surface area contributed by atoms with Crippen LogP contribution >= 0.6 is 0 Å². The molecule has 0 radical (unpaired) electrons. The van der Waals surface area contributed by atoms with E-state index in [1.54, 1.807) is 24.3 Å². The molecule has 0 bridgehead atoms. The van der Waals surface area contributed by atoms with E-state index in [2.05, 4.69) is 0 Å². The van der Waals surface area contributed by atoms with Gasteiger partial charge in [0.25, 0.3) is 0 Å². The molecule has 0 fully saturated rings. The summed E-state index contributed by atoms with van der Waals surface area (Å²) in [5, 5.41) is 0. The molecule has 3 heteroatoms. The molecule has 0 saturated heterocycles. The van der Waals surface area contributed by atoms with Gasteiger partial charge in [-0.25, -0.2) is 9.59 Å². The number of carbonyl (C=O) groups excluding carboxylic acids is 2. The molecule has 4 rings (SSSR count). The van der Waals surface area contributed by atoms with Crippen molar-refractivity contribution in [1.29, 1.82) is 0 Å². The van der Waals surface area contributed by atoms with Gasteiger partial charge in [-0.2, -0.15) is 0 Å². The highest BCUT2D eigenvalue weighted by molar-refractivity contribution is 6.02. The standard InChI is InChI=1S/C26H18O3/c27-25(23-15-11-21(12-16-23)19-7-3-1-4-8-19)29-26(28)24-17-13-22(14-18-24)20-9-5-2-6-10-20/h1-18H. The van der Waals surface area contributed by atoms with E-state index in [1.807, 2.05) is 84.9 Å². The quantitative estimate of drug-likeness (QED) is 0.322. The smallest absolute Gasteiger partial charge is 0.346 e. The van der Waals surface area contributed by atoms with Crippen molar-refractivity contribution in [2.45, 2.75) is 0 Å². The second-order valence-electron chi connectivity index (χ2n) is 6.56. The van der Waals surface area contributed by atoms with E-state index >= 15 is 0 Å². The van der Waals surface area contributed by atoms with Gasteiger partial charge in [-0.15, -0.1) is 0 Å². The van der Waals surface area contributed by atoms with Crippen LogP contribution in [-0.4, -0.2) is 11.9 Å². The second-order valence-corrected chi connectivity index (χ2v) is 6.56. The Bertz CT molecular complexity index is 1020. The number of hydrogen-bond donors (Lipinski definition) is 0. The summed E-state index contributed by atoms with van der Waals surface area (Å²) in [5.74, 6) is -1.33. The van der Waals surface area contributed by atoms with Crippen LogP contribution in [0.2, 0.25) is 0 Å². The van der Waals surface area contributed by atoms with E-state index in [-0.39, 0.29) is 0 Å². The predicted octanol–water partition coefficient (Wildman–Crippen LogP) is 6.02. The molecule has 0 atom stereocenters. The molecule has 0 spiro atoms. The lowest BCUT2D eigenvalue weighted by atomic mass is 10.0. The van der Waals surface area contributed by atoms with E-state index in [9.17, 15) is 9.59 Å². The molecule has 0 aliphatic rings. The summed E-state index contributed by atoms with van der Waals surface area (Å²) in [4.78, 5) is 24.6. The number of hydrogen-bond acceptors (Lipinski definition) is 3. The summed E-state index contributed by atoms with van der Waals surface area (Å²) >= 11 is 0. The lowest BCUT2D eigenvalue weighted by molar-refractivity contribution is 0.0398. The van der Waals surface area contributed by atoms with E-state index < -0.39 is 11.9 Å². The number of esters is 2. The van der Waals surface area contributed by atoms with E-state index in [1.165, 1.54) is 0 Å². The molecule has 4 aromatic carbocycles. The van der Waals surface area contributed by atoms with Crippen LogP contribution in [0.25, 0.3) is 22.3 Å². The van der Waals surface area contributed by atoms with Gasteiger partial charge >= 0.3 is 11.9 Å². The van der Waals surface area contributed by atoms with Crippen molar-refractivity contribution in [2.24, 2.45) is 0 Å². The van der Waals surface area contributed by atoms with Crippen LogP contribution in [0.15, 0.2) is 109 Å². The normalized spacial score (nSPS) is 10.3. The van der Waals surface area contributed by atoms with Crippen LogP contribution in [0.4, 0.5) is 0 Å². The minimum absolute atomic E-state index is 0.332. The third-order valence-electron chi connectivity index (χ3n) is 4.64. The van der Waals surface area contributed by atoms with Crippen LogP contribution in [0, 0.1) is 0 Å². The Hall–Kier alpha value is -3.98. The van der Waals surface area contributed by atoms with Crippen LogP contribution < -0.4 is 0 Å². The molecule has 0 heterocycles. The summed E-state index contributed by atoms with van der Waals surface area (Å²) < 4.78 is 5.04. The fourth-order valence-corrected chi connectivity index (χ4v) is 3.06. The van der Waals surface area contributed by atoms with Crippen molar-refractivity contribution in [1.82, 2.24) is 0 Å². The average molecular weight is 378 g/mol. The zero-order valence-corrected chi connectivity index (χ0v) is 15.6. The Morgan fingerprint density at radius 3 is 1.07 bits per heavy atom.